The molecule has 0 aromatic heterocycles. The summed E-state index contributed by atoms with van der Waals surface area (Å²) >= 11 is 14.1. The third-order valence-corrected chi connectivity index (χ3v) is 7.11. The predicted octanol–water partition coefficient (Wildman–Crippen LogP) is 5.35. The number of methoxy groups -OCH3 is 2. The fourth-order valence-corrected chi connectivity index (χ4v) is 5.24. The van der Waals surface area contributed by atoms with Crippen molar-refractivity contribution in [2.75, 3.05) is 30.4 Å². The Morgan fingerprint density at radius 3 is 2.48 bits per heavy atom. The second-order valence-electron chi connectivity index (χ2n) is 6.43. The molecule has 0 bridgehead atoms. The van der Waals surface area contributed by atoms with Crippen LogP contribution in [0.25, 0.3) is 0 Å². The molecule has 0 saturated carbocycles. The van der Waals surface area contributed by atoms with Crippen molar-refractivity contribution in [2.45, 2.75) is 4.90 Å². The topological polar surface area (TPSA) is 67.9 Å². The van der Waals surface area contributed by atoms with Crippen LogP contribution >= 0.6 is 27.5 Å². The van der Waals surface area contributed by atoms with Crippen LogP contribution in [0.15, 0.2) is 70.0 Å². The van der Waals surface area contributed by atoms with Crippen LogP contribution in [0.5, 0.6) is 11.5 Å². The fourth-order valence-electron chi connectivity index (χ4n) is 2.85. The molecular weight excluding hydrogens is 575 g/mol. The Labute approximate surface area is 216 Å². The van der Waals surface area contributed by atoms with E-state index in [1.54, 1.807) is 12.1 Å². The number of nitrogens with zero attached hydrogens (tertiary/aromatic N) is 1. The van der Waals surface area contributed by atoms with Gasteiger partial charge in [0.25, 0.3) is 0 Å². The van der Waals surface area contributed by atoms with Gasteiger partial charge in [0, 0.05) is 0 Å². The first kappa shape index (κ1) is 27.2. The number of hydrogen-bond acceptors (Lipinski definition) is 5. The minimum absolute atomic E-state index is 0. The maximum atomic E-state index is 13.6. The molecule has 0 saturated heterocycles. The smallest absolute Gasteiger partial charge is 0.358 e. The van der Waals surface area contributed by atoms with Crippen LogP contribution in [0, 0.1) is 13.5 Å². The van der Waals surface area contributed by atoms with E-state index in [1.807, 2.05) is 24.3 Å². The first-order valence-corrected chi connectivity index (χ1v) is 12.3. The van der Waals surface area contributed by atoms with Crippen LogP contribution in [0.3, 0.4) is 0 Å². The molecule has 0 radical (unpaired) electrons. The van der Waals surface area contributed by atoms with Crippen molar-refractivity contribution in [3.8, 4) is 11.5 Å². The Balaban J connectivity index is 0.00000385. The van der Waals surface area contributed by atoms with E-state index in [1.165, 1.54) is 42.8 Å². The van der Waals surface area contributed by atoms with Gasteiger partial charge in [-0.2, -0.15) is 0 Å². The zero-order chi connectivity index (χ0) is 23.3. The first-order valence-electron chi connectivity index (χ1n) is 9.18. The second kappa shape index (κ2) is 11.9. The molecule has 179 valence electrons. The number of sulfonamides is 1. The van der Waals surface area contributed by atoms with Crippen LogP contribution in [0.1, 0.15) is 0 Å². The van der Waals surface area contributed by atoms with Crippen molar-refractivity contribution in [1.29, 1.82) is 0 Å². The average molecular weight is 597 g/mol. The first-order chi connectivity index (χ1) is 15.2. The molecule has 0 aliphatic rings. The number of halogens is 2. The van der Waals surface area contributed by atoms with Gasteiger partial charge >= 0.3 is 210 Å². The van der Waals surface area contributed by atoms with Crippen LogP contribution in [0.4, 0.5) is 11.4 Å². The summed E-state index contributed by atoms with van der Waals surface area (Å²) in [5, 5.41) is 3.49. The number of benzene rings is 3. The number of ether oxygens (including phenoxy) is 2. The molecule has 0 atom stereocenters. The van der Waals surface area contributed by atoms with E-state index >= 15 is 0 Å². The van der Waals surface area contributed by atoms with Gasteiger partial charge in [-0.15, -0.1) is 0 Å². The van der Waals surface area contributed by atoms with Crippen molar-refractivity contribution in [2.24, 2.45) is 0 Å². The Bertz CT molecular complexity index is 1240. The summed E-state index contributed by atoms with van der Waals surface area (Å²) in [6, 6.07) is 19.5. The number of rotatable bonds is 9. The number of hydrogen-bond donors (Lipinski definition) is 1. The molecule has 0 heterocycles. The summed E-state index contributed by atoms with van der Waals surface area (Å²) in [6.45, 7) is -0.0833. The van der Waals surface area contributed by atoms with Gasteiger partial charge in [-0.25, -0.2) is 0 Å². The van der Waals surface area contributed by atoms with Crippen LogP contribution in [0.2, 0.25) is 5.02 Å². The van der Waals surface area contributed by atoms with E-state index in [0.29, 0.717) is 21.1 Å². The predicted molar refractivity (Wildman–Crippen MR) is 134 cm³/mol. The third kappa shape index (κ3) is 6.74. The monoisotopic (exact) mass is 595 g/mol. The maximum Gasteiger partial charge on any atom is -0.358 e. The summed E-state index contributed by atoms with van der Waals surface area (Å²) in [5.41, 5.74) is 1.02. The number of nitrogens with one attached hydrogen (secondary N) is 1. The Morgan fingerprint density at radius 2 is 1.85 bits per heavy atom. The molecule has 0 unspecified atom stereocenters. The van der Waals surface area contributed by atoms with Gasteiger partial charge in [0.2, 0.25) is 0 Å². The van der Waals surface area contributed by atoms with Gasteiger partial charge < -0.3 is 7.43 Å². The molecule has 0 amide bonds. The molecule has 0 fully saturated rings. The molecule has 1 N–H and O–H groups in total. The SMILES string of the molecule is COc1ccc(S(=O)(=O)N(C[C](=[Co])Nc2cccc(Br)c2)c2[c-]ccc(Cl)c2)cc1OC.[CH3-]. The zero-order valence-corrected chi connectivity index (χ0v) is 22.3. The van der Waals surface area contributed by atoms with Gasteiger partial charge in [-0.1, -0.05) is 0 Å². The van der Waals surface area contributed by atoms with Crippen LogP contribution in [-0.2, 0) is 25.3 Å². The molecule has 3 aromatic carbocycles. The molecule has 10 heteroatoms. The zero-order valence-electron chi connectivity index (χ0n) is 18.1. The Kier molecular flexibility index (Phi) is 9.80. The van der Waals surface area contributed by atoms with E-state index in [4.69, 9.17) is 21.1 Å². The van der Waals surface area contributed by atoms with Crippen LogP contribution < -0.4 is 19.1 Å². The standard InChI is InChI=1S/C22H19BrClN2O4S.CH3.Co/c1-29-21-10-9-20(15-22(21)30-2)31(27,28)26(19-8-4-6-17(24)14-19)12-11-25-18-7-3-5-16(23)13-18;;/h3-7,9-10,13-15,25H,12H2,1-2H3;1H3;/q2*-1;. The quantitative estimate of drug-likeness (QED) is 0.337. The van der Waals surface area contributed by atoms with Crippen molar-refractivity contribution in [1.82, 2.24) is 0 Å². The maximum absolute atomic E-state index is 13.6. The molecule has 3 aromatic rings. The normalized spacial score (nSPS) is 10.7. The van der Waals surface area contributed by atoms with Gasteiger partial charge in [0.1, 0.15) is 0 Å². The van der Waals surface area contributed by atoms with Crippen molar-refractivity contribution in [3.05, 3.63) is 83.7 Å². The molecule has 0 aliphatic carbocycles. The van der Waals surface area contributed by atoms with E-state index in [2.05, 4.69) is 42.6 Å². The summed E-state index contributed by atoms with van der Waals surface area (Å²) in [7, 11) is -1.11. The Hall–Kier alpha value is -2.04. The average Bonchev–Trinajstić information content (AvgIpc) is 2.76. The molecule has 6 nitrogen and oxygen atoms in total. The van der Waals surface area contributed by atoms with Crippen LogP contribution in [-0.4, -0.2) is 33.8 Å². The van der Waals surface area contributed by atoms with Gasteiger partial charge in [0.15, 0.2) is 0 Å². The van der Waals surface area contributed by atoms with Gasteiger partial charge in [-0.05, 0) is 0 Å². The molecular formula is C23H22BrClCoN2O4S-2. The van der Waals surface area contributed by atoms with Crippen molar-refractivity contribution < 1.29 is 33.2 Å². The van der Waals surface area contributed by atoms with Crippen molar-refractivity contribution in [3.63, 3.8) is 0 Å². The van der Waals surface area contributed by atoms with Crippen molar-refractivity contribution >= 4 is 53.5 Å². The number of anilines is 2. The third-order valence-electron chi connectivity index (χ3n) is 4.33. The molecule has 33 heavy (non-hydrogen) atoms. The minimum atomic E-state index is -4.04. The van der Waals surface area contributed by atoms with E-state index in [0.717, 1.165) is 10.2 Å². The van der Waals surface area contributed by atoms with Gasteiger partial charge in [-0.3, -0.25) is 0 Å². The second-order valence-corrected chi connectivity index (χ2v) is 10.3. The summed E-state index contributed by atoms with van der Waals surface area (Å²) in [6.07, 6.45) is 0. The summed E-state index contributed by atoms with van der Waals surface area (Å²) in [5.74, 6) is 0.718. The minimum Gasteiger partial charge on any atom is -0.358 e. The van der Waals surface area contributed by atoms with E-state index in [9.17, 15) is 8.42 Å². The Morgan fingerprint density at radius 1 is 1.12 bits per heavy atom. The summed E-state index contributed by atoms with van der Waals surface area (Å²) < 4.78 is 40.2. The van der Waals surface area contributed by atoms with E-state index in [-0.39, 0.29) is 24.6 Å². The fraction of sp³-hybridized carbons (Fsp3) is 0.130. The van der Waals surface area contributed by atoms with Gasteiger partial charge in [0.05, 0.1) is 0 Å². The molecule has 0 spiro atoms. The molecule has 0 aliphatic heterocycles. The largest absolute Gasteiger partial charge is 0.358 e. The van der Waals surface area contributed by atoms with E-state index < -0.39 is 10.0 Å². The molecule has 3 rings (SSSR count). The summed E-state index contributed by atoms with van der Waals surface area (Å²) in [4.78, 5) is 0.0197.